The van der Waals surface area contributed by atoms with Crippen LogP contribution in [-0.4, -0.2) is 60.7 Å². The van der Waals surface area contributed by atoms with Crippen molar-refractivity contribution in [2.24, 2.45) is 5.10 Å². The average Bonchev–Trinajstić information content (AvgIpc) is 2.95. The van der Waals surface area contributed by atoms with Crippen molar-refractivity contribution in [2.75, 3.05) is 42.7 Å². The van der Waals surface area contributed by atoms with E-state index >= 15 is 0 Å². The molecule has 1 amide bonds. The molecule has 0 heterocycles. The molecule has 0 aliphatic heterocycles. The van der Waals surface area contributed by atoms with Gasteiger partial charge in [0.1, 0.15) is 5.75 Å². The van der Waals surface area contributed by atoms with Crippen LogP contribution in [0.4, 0.5) is 0 Å². The Balaban J connectivity index is 1.66. The molecule has 11 heteroatoms. The largest absolute Gasteiger partial charge is 0.493 e. The van der Waals surface area contributed by atoms with Crippen molar-refractivity contribution in [1.29, 1.82) is 0 Å². The number of hydrazone groups is 1. The first-order valence-electron chi connectivity index (χ1n) is 11.1. The quantitative estimate of drug-likeness (QED) is 0.173. The lowest BCUT2D eigenvalue weighted by Crippen LogP contribution is -2.18. The van der Waals surface area contributed by atoms with Crippen LogP contribution in [0.15, 0.2) is 53.6 Å². The molecule has 0 unspecified atom stereocenters. The Morgan fingerprint density at radius 2 is 1.11 bits per heavy atom. The second-order valence-corrected chi connectivity index (χ2v) is 7.49. The Bertz CT molecular complexity index is 1270. The molecule has 0 aliphatic carbocycles. The number of amides is 1. The van der Waals surface area contributed by atoms with Crippen LogP contribution in [0.3, 0.4) is 0 Å². The molecular formula is C27H28N2O9. The summed E-state index contributed by atoms with van der Waals surface area (Å²) in [7, 11) is 8.79. The van der Waals surface area contributed by atoms with E-state index in [1.54, 1.807) is 24.3 Å². The van der Waals surface area contributed by atoms with Crippen molar-refractivity contribution < 1.29 is 42.7 Å². The molecule has 1 N–H and O–H groups in total. The summed E-state index contributed by atoms with van der Waals surface area (Å²) in [6.07, 6.45) is 1.45. The maximum atomic E-state index is 12.7. The van der Waals surface area contributed by atoms with Crippen molar-refractivity contribution in [3.63, 3.8) is 0 Å². The molecule has 0 spiro atoms. The van der Waals surface area contributed by atoms with E-state index in [1.165, 1.54) is 73.1 Å². The van der Waals surface area contributed by atoms with Gasteiger partial charge in [-0.1, -0.05) is 0 Å². The number of methoxy groups -OCH3 is 6. The van der Waals surface area contributed by atoms with Crippen LogP contribution >= 0.6 is 0 Å². The first-order valence-corrected chi connectivity index (χ1v) is 11.1. The van der Waals surface area contributed by atoms with E-state index < -0.39 is 11.9 Å². The van der Waals surface area contributed by atoms with Gasteiger partial charge in [-0.25, -0.2) is 10.2 Å². The molecule has 38 heavy (non-hydrogen) atoms. The van der Waals surface area contributed by atoms with Crippen molar-refractivity contribution in [2.45, 2.75) is 0 Å². The van der Waals surface area contributed by atoms with Crippen LogP contribution in [0.25, 0.3) is 0 Å². The predicted octanol–water partition coefficient (Wildman–Crippen LogP) is 3.72. The minimum atomic E-state index is -0.608. The number of carbonyl (C=O) groups excluding carboxylic acids is 2. The van der Waals surface area contributed by atoms with Gasteiger partial charge >= 0.3 is 5.97 Å². The number of carbonyl (C=O) groups is 2. The second-order valence-electron chi connectivity index (χ2n) is 7.49. The minimum absolute atomic E-state index is 0.222. The van der Waals surface area contributed by atoms with E-state index in [-0.39, 0.29) is 11.1 Å². The smallest absolute Gasteiger partial charge is 0.343 e. The third kappa shape index (κ3) is 6.25. The molecule has 0 saturated carbocycles. The zero-order valence-corrected chi connectivity index (χ0v) is 21.8. The molecule has 0 bridgehead atoms. The Kier molecular flexibility index (Phi) is 9.36. The number of nitrogens with zero attached hydrogens (tertiary/aromatic N) is 1. The van der Waals surface area contributed by atoms with Crippen molar-refractivity contribution >= 4 is 18.1 Å². The molecule has 200 valence electrons. The minimum Gasteiger partial charge on any atom is -0.493 e. The molecule has 3 aromatic carbocycles. The highest BCUT2D eigenvalue weighted by molar-refractivity contribution is 5.96. The fraction of sp³-hybridized carbons (Fsp3) is 0.222. The maximum absolute atomic E-state index is 12.7. The summed E-state index contributed by atoms with van der Waals surface area (Å²) in [4.78, 5) is 25.2. The van der Waals surface area contributed by atoms with Gasteiger partial charge in [0, 0.05) is 5.56 Å². The Labute approximate surface area is 219 Å². The number of ether oxygens (including phenoxy) is 7. The fourth-order valence-corrected chi connectivity index (χ4v) is 3.43. The Morgan fingerprint density at radius 3 is 1.53 bits per heavy atom. The lowest BCUT2D eigenvalue weighted by molar-refractivity contribution is 0.0733. The van der Waals surface area contributed by atoms with Crippen molar-refractivity contribution in [3.05, 3.63) is 65.2 Å². The van der Waals surface area contributed by atoms with Crippen molar-refractivity contribution in [3.8, 4) is 40.2 Å². The van der Waals surface area contributed by atoms with Crippen LogP contribution in [-0.2, 0) is 0 Å². The third-order valence-electron chi connectivity index (χ3n) is 5.30. The number of benzene rings is 3. The standard InChI is InChI=1S/C27H28N2O9/c1-32-20-11-17(12-21(33-2)24(20)36-5)26(30)29-28-15-16-7-9-19(10-8-16)38-27(31)18-13-22(34-3)25(37-6)23(14-18)35-4/h7-15H,1-6H3,(H,29,30)/b28-15-. The highest BCUT2D eigenvalue weighted by atomic mass is 16.5. The van der Waals surface area contributed by atoms with E-state index in [0.717, 1.165) is 0 Å². The zero-order chi connectivity index (χ0) is 27.7. The summed E-state index contributed by atoms with van der Waals surface area (Å²) in [6, 6.07) is 12.6. The number of nitrogens with one attached hydrogen (secondary N) is 1. The first-order chi connectivity index (χ1) is 18.4. The first kappa shape index (κ1) is 27.7. The van der Waals surface area contributed by atoms with E-state index in [1.807, 2.05) is 0 Å². The maximum Gasteiger partial charge on any atom is 0.343 e. The van der Waals surface area contributed by atoms with Gasteiger partial charge in [0.15, 0.2) is 23.0 Å². The van der Waals surface area contributed by atoms with Gasteiger partial charge in [0.2, 0.25) is 11.5 Å². The summed E-state index contributed by atoms with van der Waals surface area (Å²) in [6.45, 7) is 0. The van der Waals surface area contributed by atoms with Gasteiger partial charge in [0.05, 0.1) is 54.4 Å². The van der Waals surface area contributed by atoms with E-state index in [0.29, 0.717) is 45.8 Å². The highest BCUT2D eigenvalue weighted by Crippen LogP contribution is 2.39. The van der Waals surface area contributed by atoms with E-state index in [9.17, 15) is 9.59 Å². The molecular weight excluding hydrogens is 496 g/mol. The van der Waals surface area contributed by atoms with Crippen molar-refractivity contribution in [1.82, 2.24) is 5.43 Å². The molecule has 0 saturated heterocycles. The molecule has 0 aliphatic rings. The monoisotopic (exact) mass is 524 g/mol. The number of hydrogen-bond donors (Lipinski definition) is 1. The summed E-state index contributed by atoms with van der Waals surface area (Å²) in [5.41, 5.74) is 3.59. The SMILES string of the molecule is COc1cc(C(=O)N/N=C\c2ccc(OC(=O)c3cc(OC)c(OC)c(OC)c3)cc2)cc(OC)c1OC. The summed E-state index contributed by atoms with van der Waals surface area (Å²) < 4.78 is 37.1. The van der Waals surface area contributed by atoms with Crippen LogP contribution in [0.5, 0.6) is 40.2 Å². The number of hydrogen-bond acceptors (Lipinski definition) is 10. The fourth-order valence-electron chi connectivity index (χ4n) is 3.43. The summed E-state index contributed by atoms with van der Waals surface area (Å²) in [5.74, 6) is 1.32. The molecule has 11 nitrogen and oxygen atoms in total. The lowest BCUT2D eigenvalue weighted by atomic mass is 10.1. The van der Waals surface area contributed by atoms with E-state index in [4.69, 9.17) is 33.2 Å². The van der Waals surface area contributed by atoms with E-state index in [2.05, 4.69) is 10.5 Å². The average molecular weight is 525 g/mol. The molecule has 0 fully saturated rings. The molecule has 0 atom stereocenters. The second kappa shape index (κ2) is 12.9. The van der Waals surface area contributed by atoms with Gasteiger partial charge in [-0.15, -0.1) is 0 Å². The van der Waals surface area contributed by atoms with Gasteiger partial charge in [0.25, 0.3) is 5.91 Å². The third-order valence-corrected chi connectivity index (χ3v) is 5.30. The molecule has 0 radical (unpaired) electrons. The number of esters is 1. The summed E-state index contributed by atoms with van der Waals surface area (Å²) in [5, 5.41) is 3.98. The Hall–Kier alpha value is -4.93. The highest BCUT2D eigenvalue weighted by Gasteiger charge is 2.19. The van der Waals surface area contributed by atoms with Crippen LogP contribution < -0.4 is 38.6 Å². The van der Waals surface area contributed by atoms with Crippen LogP contribution in [0.1, 0.15) is 26.3 Å². The predicted molar refractivity (Wildman–Crippen MR) is 139 cm³/mol. The summed E-state index contributed by atoms with van der Waals surface area (Å²) >= 11 is 0. The normalized spacial score (nSPS) is 10.5. The van der Waals surface area contributed by atoms with Gasteiger partial charge < -0.3 is 33.2 Å². The van der Waals surface area contributed by atoms with Gasteiger partial charge in [-0.3, -0.25) is 4.79 Å². The molecule has 0 aromatic heterocycles. The Morgan fingerprint density at radius 1 is 0.658 bits per heavy atom. The molecule has 3 rings (SSSR count). The topological polar surface area (TPSA) is 123 Å². The molecule has 3 aromatic rings. The zero-order valence-electron chi connectivity index (χ0n) is 21.8. The van der Waals surface area contributed by atoms with Gasteiger partial charge in [-0.05, 0) is 54.1 Å². The van der Waals surface area contributed by atoms with Crippen LogP contribution in [0.2, 0.25) is 0 Å². The number of rotatable bonds is 11. The van der Waals surface area contributed by atoms with Crippen LogP contribution in [0, 0.1) is 0 Å². The van der Waals surface area contributed by atoms with Gasteiger partial charge in [-0.2, -0.15) is 5.10 Å². The lowest BCUT2D eigenvalue weighted by Gasteiger charge is -2.13.